The summed E-state index contributed by atoms with van der Waals surface area (Å²) in [5.74, 6) is -0.838. The summed E-state index contributed by atoms with van der Waals surface area (Å²) in [6.07, 6.45) is -0.874. The molecule has 0 fully saturated rings. The van der Waals surface area contributed by atoms with Crippen molar-refractivity contribution in [1.82, 2.24) is 0 Å². The van der Waals surface area contributed by atoms with E-state index >= 15 is 0 Å². The summed E-state index contributed by atoms with van der Waals surface area (Å²) in [7, 11) is 0. The number of carboxylic acid groups (broad SMARTS) is 1. The fourth-order valence-electron chi connectivity index (χ4n) is 1.45. The van der Waals surface area contributed by atoms with Crippen LogP contribution >= 0.6 is 0 Å². The zero-order chi connectivity index (χ0) is 13.7. The van der Waals surface area contributed by atoms with Crippen LogP contribution in [0.4, 0.5) is 5.69 Å². The molecule has 98 valence electrons. The standard InChI is InChI=1S/C11H14N2O5/c1-7-6-8(2-3-9(7)13(16)17)18-10(4-5-12)11(14)15/h2-3,6,10H,4-5,12H2,1H3,(H,14,15). The van der Waals surface area contributed by atoms with E-state index < -0.39 is 17.0 Å². The zero-order valence-electron chi connectivity index (χ0n) is 9.83. The van der Waals surface area contributed by atoms with Crippen LogP contribution in [0, 0.1) is 17.0 Å². The Morgan fingerprint density at radius 1 is 1.61 bits per heavy atom. The number of aryl methyl sites for hydroxylation is 1. The molecule has 0 aromatic heterocycles. The first-order valence-electron chi connectivity index (χ1n) is 5.30. The van der Waals surface area contributed by atoms with Gasteiger partial charge in [0, 0.05) is 18.1 Å². The van der Waals surface area contributed by atoms with E-state index in [-0.39, 0.29) is 24.4 Å². The summed E-state index contributed by atoms with van der Waals surface area (Å²) in [5, 5.41) is 19.5. The third-order valence-corrected chi connectivity index (χ3v) is 2.35. The maximum Gasteiger partial charge on any atom is 0.344 e. The second-order valence-corrected chi connectivity index (χ2v) is 3.73. The minimum absolute atomic E-state index is 0.0342. The van der Waals surface area contributed by atoms with Crippen LogP contribution in [0.1, 0.15) is 12.0 Å². The number of rotatable bonds is 6. The number of hydrogen-bond acceptors (Lipinski definition) is 5. The van der Waals surface area contributed by atoms with Crippen LogP contribution in [0.25, 0.3) is 0 Å². The molecule has 0 amide bonds. The maximum atomic E-state index is 10.9. The molecule has 1 atom stereocenters. The second-order valence-electron chi connectivity index (χ2n) is 3.73. The van der Waals surface area contributed by atoms with Crippen molar-refractivity contribution < 1.29 is 19.6 Å². The third kappa shape index (κ3) is 3.42. The molecule has 0 aliphatic carbocycles. The lowest BCUT2D eigenvalue weighted by Crippen LogP contribution is -2.29. The molecule has 0 aliphatic heterocycles. The van der Waals surface area contributed by atoms with E-state index in [2.05, 4.69) is 0 Å². The number of aliphatic carboxylic acids is 1. The number of nitro benzene ring substituents is 1. The predicted molar refractivity (Wildman–Crippen MR) is 63.6 cm³/mol. The molecule has 0 radical (unpaired) electrons. The molecule has 1 rings (SSSR count). The Morgan fingerprint density at radius 2 is 2.28 bits per heavy atom. The number of benzene rings is 1. The van der Waals surface area contributed by atoms with Gasteiger partial charge in [0.05, 0.1) is 4.92 Å². The van der Waals surface area contributed by atoms with Crippen LogP contribution < -0.4 is 10.5 Å². The van der Waals surface area contributed by atoms with E-state index in [0.29, 0.717) is 5.56 Å². The molecule has 0 heterocycles. The van der Waals surface area contributed by atoms with Gasteiger partial charge in [-0.1, -0.05) is 0 Å². The van der Waals surface area contributed by atoms with E-state index in [9.17, 15) is 14.9 Å². The van der Waals surface area contributed by atoms with E-state index in [1.54, 1.807) is 6.92 Å². The van der Waals surface area contributed by atoms with Crippen molar-refractivity contribution >= 4 is 11.7 Å². The highest BCUT2D eigenvalue weighted by Gasteiger charge is 2.19. The molecule has 7 heteroatoms. The Bertz CT molecular complexity index is 461. The molecule has 3 N–H and O–H groups in total. The van der Waals surface area contributed by atoms with Gasteiger partial charge in [-0.05, 0) is 25.6 Å². The van der Waals surface area contributed by atoms with Crippen molar-refractivity contribution in [2.75, 3.05) is 6.54 Å². The summed E-state index contributed by atoms with van der Waals surface area (Å²) >= 11 is 0. The van der Waals surface area contributed by atoms with Gasteiger partial charge in [0.25, 0.3) is 5.69 Å². The average Bonchev–Trinajstić information content (AvgIpc) is 2.27. The van der Waals surface area contributed by atoms with E-state index in [1.165, 1.54) is 18.2 Å². The molecule has 0 saturated heterocycles. The van der Waals surface area contributed by atoms with Crippen LogP contribution in [-0.4, -0.2) is 28.6 Å². The van der Waals surface area contributed by atoms with Crippen LogP contribution in [0.2, 0.25) is 0 Å². The maximum absolute atomic E-state index is 10.9. The van der Waals surface area contributed by atoms with Crippen molar-refractivity contribution in [2.24, 2.45) is 5.73 Å². The van der Waals surface area contributed by atoms with Gasteiger partial charge in [0.1, 0.15) is 5.75 Å². The molecule has 0 aliphatic rings. The molecule has 1 aromatic rings. The Kier molecular flexibility index (Phi) is 4.61. The van der Waals surface area contributed by atoms with E-state index in [1.807, 2.05) is 0 Å². The topological polar surface area (TPSA) is 116 Å². The van der Waals surface area contributed by atoms with Gasteiger partial charge in [-0.2, -0.15) is 0 Å². The fraction of sp³-hybridized carbons (Fsp3) is 0.364. The molecular formula is C11H14N2O5. The molecular weight excluding hydrogens is 240 g/mol. The Labute approximate surface area is 103 Å². The molecule has 0 spiro atoms. The number of ether oxygens (including phenoxy) is 1. The quantitative estimate of drug-likeness (QED) is 0.579. The number of carboxylic acids is 1. The number of nitro groups is 1. The lowest BCUT2D eigenvalue weighted by atomic mass is 10.2. The molecule has 0 bridgehead atoms. The fourth-order valence-corrected chi connectivity index (χ4v) is 1.45. The normalized spacial score (nSPS) is 11.9. The minimum Gasteiger partial charge on any atom is -0.479 e. The Balaban J connectivity index is 2.88. The number of hydrogen-bond donors (Lipinski definition) is 2. The van der Waals surface area contributed by atoms with Crippen LogP contribution in [0.15, 0.2) is 18.2 Å². The average molecular weight is 254 g/mol. The highest BCUT2D eigenvalue weighted by atomic mass is 16.6. The summed E-state index contributed by atoms with van der Waals surface area (Å²) in [4.78, 5) is 21.0. The molecule has 1 unspecified atom stereocenters. The first-order valence-corrected chi connectivity index (χ1v) is 5.30. The first-order chi connectivity index (χ1) is 8.45. The van der Waals surface area contributed by atoms with Crippen molar-refractivity contribution in [3.8, 4) is 5.75 Å². The second kappa shape index (κ2) is 5.97. The van der Waals surface area contributed by atoms with Gasteiger partial charge in [0.2, 0.25) is 0 Å². The minimum atomic E-state index is -1.11. The smallest absolute Gasteiger partial charge is 0.344 e. The lowest BCUT2D eigenvalue weighted by molar-refractivity contribution is -0.385. The van der Waals surface area contributed by atoms with Gasteiger partial charge >= 0.3 is 5.97 Å². The number of carbonyl (C=O) groups is 1. The van der Waals surface area contributed by atoms with Crippen molar-refractivity contribution in [3.05, 3.63) is 33.9 Å². The molecule has 1 aromatic carbocycles. The Hall–Kier alpha value is -2.15. The zero-order valence-corrected chi connectivity index (χ0v) is 9.83. The van der Waals surface area contributed by atoms with Crippen molar-refractivity contribution in [2.45, 2.75) is 19.4 Å². The predicted octanol–water partition coefficient (Wildman–Crippen LogP) is 1.08. The molecule has 18 heavy (non-hydrogen) atoms. The van der Waals surface area contributed by atoms with E-state index in [4.69, 9.17) is 15.6 Å². The summed E-state index contributed by atoms with van der Waals surface area (Å²) < 4.78 is 5.23. The summed E-state index contributed by atoms with van der Waals surface area (Å²) in [6, 6.07) is 4.09. The SMILES string of the molecule is Cc1cc(OC(CCN)C(=O)O)ccc1[N+](=O)[O-]. The van der Waals surface area contributed by atoms with Gasteiger partial charge in [-0.25, -0.2) is 4.79 Å². The van der Waals surface area contributed by atoms with Gasteiger partial charge in [-0.15, -0.1) is 0 Å². The van der Waals surface area contributed by atoms with Crippen LogP contribution in [-0.2, 0) is 4.79 Å². The van der Waals surface area contributed by atoms with E-state index in [0.717, 1.165) is 0 Å². The molecule has 7 nitrogen and oxygen atoms in total. The third-order valence-electron chi connectivity index (χ3n) is 2.35. The molecule has 0 saturated carbocycles. The summed E-state index contributed by atoms with van der Waals surface area (Å²) in [5.41, 5.74) is 5.66. The largest absolute Gasteiger partial charge is 0.479 e. The lowest BCUT2D eigenvalue weighted by Gasteiger charge is -2.14. The van der Waals surface area contributed by atoms with Gasteiger partial charge in [-0.3, -0.25) is 10.1 Å². The summed E-state index contributed by atoms with van der Waals surface area (Å²) in [6.45, 7) is 1.74. The highest BCUT2D eigenvalue weighted by Crippen LogP contribution is 2.24. The number of nitrogens with zero attached hydrogens (tertiary/aromatic N) is 1. The Morgan fingerprint density at radius 3 is 2.72 bits per heavy atom. The highest BCUT2D eigenvalue weighted by molar-refractivity contribution is 5.72. The monoisotopic (exact) mass is 254 g/mol. The van der Waals surface area contributed by atoms with Crippen molar-refractivity contribution in [1.29, 1.82) is 0 Å². The number of nitrogens with two attached hydrogens (primary N) is 1. The van der Waals surface area contributed by atoms with Crippen LogP contribution in [0.3, 0.4) is 0 Å². The first kappa shape index (κ1) is 13.9. The van der Waals surface area contributed by atoms with Crippen LogP contribution in [0.5, 0.6) is 5.75 Å². The van der Waals surface area contributed by atoms with Gasteiger partial charge < -0.3 is 15.6 Å². The van der Waals surface area contributed by atoms with Gasteiger partial charge in [0.15, 0.2) is 6.10 Å². The van der Waals surface area contributed by atoms with Crippen molar-refractivity contribution in [3.63, 3.8) is 0 Å².